The van der Waals surface area contributed by atoms with Crippen LogP contribution in [0.5, 0.6) is 23.0 Å². The van der Waals surface area contributed by atoms with Crippen LogP contribution in [0.3, 0.4) is 0 Å². The molecule has 3 aromatic rings. The van der Waals surface area contributed by atoms with Crippen LogP contribution in [0.25, 0.3) is 0 Å². The van der Waals surface area contributed by atoms with E-state index >= 15 is 0 Å². The number of rotatable bonds is 13. The van der Waals surface area contributed by atoms with E-state index in [1.807, 2.05) is 0 Å². The van der Waals surface area contributed by atoms with Crippen molar-refractivity contribution in [2.75, 3.05) is 27.4 Å². The number of nitrogens with one attached hydrogen (secondary N) is 3. The molecule has 1 aliphatic heterocycles. The van der Waals surface area contributed by atoms with Gasteiger partial charge in [-0.05, 0) is 89.5 Å². The van der Waals surface area contributed by atoms with Gasteiger partial charge >= 0.3 is 12.0 Å². The number of urea groups is 1. The van der Waals surface area contributed by atoms with Crippen molar-refractivity contribution in [2.45, 2.75) is 26.5 Å². The minimum Gasteiger partial charge on any atom is -0.493 e. The highest BCUT2D eigenvalue weighted by atomic mass is 127. The van der Waals surface area contributed by atoms with Gasteiger partial charge in [-0.25, -0.2) is 19.4 Å². The maximum Gasteiger partial charge on any atom is 0.338 e. The fourth-order valence-corrected chi connectivity index (χ4v) is 5.23. The number of ether oxygens (including phenoxy) is 5. The molecular weight excluding hydrogens is 714 g/mol. The number of hydrogen-bond donors (Lipinski definition) is 3. The summed E-state index contributed by atoms with van der Waals surface area (Å²) in [4.78, 5) is 37.3. The summed E-state index contributed by atoms with van der Waals surface area (Å²) in [6.45, 7) is 3.34. The van der Waals surface area contributed by atoms with Crippen molar-refractivity contribution in [3.05, 3.63) is 91.9 Å². The molecule has 12 nitrogen and oxygen atoms in total. The first-order valence-electron chi connectivity index (χ1n) is 14.0. The van der Waals surface area contributed by atoms with E-state index in [4.69, 9.17) is 23.7 Å². The Morgan fingerprint density at radius 3 is 2.46 bits per heavy atom. The molecule has 242 valence electrons. The Kier molecular flexibility index (Phi) is 11.8. The van der Waals surface area contributed by atoms with Crippen molar-refractivity contribution in [2.24, 2.45) is 5.10 Å². The number of nitrogens with zero attached hydrogens (tertiary/aromatic N) is 1. The summed E-state index contributed by atoms with van der Waals surface area (Å²) in [6, 6.07) is 13.1. The van der Waals surface area contributed by atoms with Crippen molar-refractivity contribution in [3.8, 4) is 23.0 Å². The van der Waals surface area contributed by atoms with Crippen LogP contribution in [0, 0.1) is 9.39 Å². The molecule has 1 atom stereocenters. The lowest BCUT2D eigenvalue weighted by molar-refractivity contribution is -0.139. The van der Waals surface area contributed by atoms with Crippen molar-refractivity contribution >= 4 is 46.7 Å². The van der Waals surface area contributed by atoms with Crippen molar-refractivity contribution < 1.29 is 42.5 Å². The Hall–Kier alpha value is -4.86. The molecule has 0 bridgehead atoms. The zero-order chi connectivity index (χ0) is 33.2. The predicted molar refractivity (Wildman–Crippen MR) is 174 cm³/mol. The fourth-order valence-electron chi connectivity index (χ4n) is 4.45. The number of hydrogen-bond acceptors (Lipinski definition) is 9. The molecule has 0 spiro atoms. The van der Waals surface area contributed by atoms with Crippen LogP contribution in [0.15, 0.2) is 71.0 Å². The summed E-state index contributed by atoms with van der Waals surface area (Å²) in [5, 5.41) is 9.32. The van der Waals surface area contributed by atoms with Crippen LogP contribution < -0.4 is 35.0 Å². The summed E-state index contributed by atoms with van der Waals surface area (Å²) in [6.07, 6.45) is 1.45. The number of esters is 1. The Balaban J connectivity index is 1.37. The molecule has 1 aliphatic rings. The highest BCUT2D eigenvalue weighted by Crippen LogP contribution is 2.35. The Labute approximate surface area is 278 Å². The highest BCUT2D eigenvalue weighted by molar-refractivity contribution is 14.1. The van der Waals surface area contributed by atoms with Crippen LogP contribution in [0.2, 0.25) is 0 Å². The molecule has 1 heterocycles. The Morgan fingerprint density at radius 1 is 1.02 bits per heavy atom. The van der Waals surface area contributed by atoms with Gasteiger partial charge in [-0.15, -0.1) is 0 Å². The van der Waals surface area contributed by atoms with Gasteiger partial charge in [0.1, 0.15) is 12.4 Å². The van der Waals surface area contributed by atoms with Crippen molar-refractivity contribution in [3.63, 3.8) is 0 Å². The summed E-state index contributed by atoms with van der Waals surface area (Å²) in [5.41, 5.74) is 5.04. The normalized spacial score (nSPS) is 14.3. The molecule has 46 heavy (non-hydrogen) atoms. The topological polar surface area (TPSA) is 146 Å². The maximum atomic E-state index is 13.2. The van der Waals surface area contributed by atoms with Crippen molar-refractivity contribution in [1.82, 2.24) is 16.1 Å². The van der Waals surface area contributed by atoms with Crippen LogP contribution >= 0.6 is 22.6 Å². The number of allylic oxidation sites excluding steroid dienone is 1. The third kappa shape index (κ3) is 8.65. The number of halogens is 2. The maximum absolute atomic E-state index is 13.2. The predicted octanol–water partition coefficient (Wildman–Crippen LogP) is 4.75. The lowest BCUT2D eigenvalue weighted by Gasteiger charge is -2.28. The van der Waals surface area contributed by atoms with E-state index in [0.29, 0.717) is 28.3 Å². The number of carbonyl (C=O) groups excluding carboxylic acids is 3. The van der Waals surface area contributed by atoms with E-state index in [1.165, 1.54) is 32.6 Å². The zero-order valence-corrected chi connectivity index (χ0v) is 27.6. The van der Waals surface area contributed by atoms with E-state index in [9.17, 15) is 18.8 Å². The standard InChI is InChI=1S/C32H32FIN4O8/c1-5-44-31(40)28-18(2)36-32(41)37-29(28)21-8-11-24(25(14-21)42-3)45-17-27(39)38-35-15-20-12-23(34)30(26(13-20)43-4)46-16-19-6-9-22(33)10-7-19/h6-15,29H,5,16-17H2,1-4H3,(H,38,39)(H2,36,37,41)/b35-15-/t29-/m0/s1. The van der Waals surface area contributed by atoms with Gasteiger partial charge in [0.25, 0.3) is 5.91 Å². The molecule has 3 N–H and O–H groups in total. The van der Waals surface area contributed by atoms with Gasteiger partial charge in [0.2, 0.25) is 0 Å². The molecule has 0 aromatic heterocycles. The first kappa shape index (κ1) is 34.0. The second-order valence-corrected chi connectivity index (χ2v) is 10.9. The van der Waals surface area contributed by atoms with Crippen LogP contribution in [0.4, 0.5) is 9.18 Å². The molecule has 3 aromatic carbocycles. The number of carbonyl (C=O) groups is 3. The van der Waals surface area contributed by atoms with E-state index in [1.54, 1.807) is 56.3 Å². The molecule has 0 radical (unpaired) electrons. The Morgan fingerprint density at radius 2 is 1.76 bits per heavy atom. The fraction of sp³-hybridized carbons (Fsp3) is 0.250. The minimum atomic E-state index is -0.787. The number of hydrazone groups is 1. The molecule has 0 saturated heterocycles. The largest absolute Gasteiger partial charge is 0.493 e. The third-order valence-corrected chi connectivity index (χ3v) is 7.40. The second kappa shape index (κ2) is 15.9. The molecule has 0 unspecified atom stereocenters. The lowest BCUT2D eigenvalue weighted by atomic mass is 9.95. The lowest BCUT2D eigenvalue weighted by Crippen LogP contribution is -2.45. The summed E-state index contributed by atoms with van der Waals surface area (Å²) in [7, 11) is 2.94. The zero-order valence-electron chi connectivity index (χ0n) is 25.4. The van der Waals surface area contributed by atoms with Crippen LogP contribution in [-0.4, -0.2) is 51.6 Å². The molecule has 14 heteroatoms. The number of amides is 3. The molecular formula is C32H32FIN4O8. The van der Waals surface area contributed by atoms with Crippen LogP contribution in [-0.2, 0) is 20.9 Å². The monoisotopic (exact) mass is 746 g/mol. The van der Waals surface area contributed by atoms with Gasteiger partial charge in [-0.3, -0.25) is 4.79 Å². The SMILES string of the molecule is CCOC(=O)C1=C(C)NC(=O)N[C@H]1c1ccc(OCC(=O)N/N=C\c2cc(I)c(OCc3ccc(F)cc3)c(OC)c2)c(OC)c1. The quantitative estimate of drug-likeness (QED) is 0.0985. The molecule has 0 saturated carbocycles. The van der Waals surface area contributed by atoms with E-state index < -0.39 is 23.9 Å². The van der Waals surface area contributed by atoms with E-state index in [-0.39, 0.29) is 42.7 Å². The smallest absolute Gasteiger partial charge is 0.338 e. The first-order chi connectivity index (χ1) is 22.1. The van der Waals surface area contributed by atoms with Gasteiger partial charge in [0, 0.05) is 5.70 Å². The van der Waals surface area contributed by atoms with Gasteiger partial charge < -0.3 is 34.3 Å². The Bertz CT molecular complexity index is 1660. The summed E-state index contributed by atoms with van der Waals surface area (Å²) >= 11 is 2.11. The van der Waals surface area contributed by atoms with Gasteiger partial charge in [0.15, 0.2) is 29.6 Å². The van der Waals surface area contributed by atoms with E-state index in [2.05, 4.69) is 43.8 Å². The summed E-state index contributed by atoms with van der Waals surface area (Å²) < 4.78 is 41.6. The number of benzene rings is 3. The number of methoxy groups -OCH3 is 2. The van der Waals surface area contributed by atoms with Gasteiger partial charge in [0.05, 0.1) is 42.2 Å². The van der Waals surface area contributed by atoms with Crippen LogP contribution in [0.1, 0.15) is 36.6 Å². The van der Waals surface area contributed by atoms with Gasteiger partial charge in [-0.1, -0.05) is 18.2 Å². The van der Waals surface area contributed by atoms with E-state index in [0.717, 1.165) is 9.13 Å². The average molecular weight is 747 g/mol. The third-order valence-electron chi connectivity index (χ3n) is 6.60. The minimum absolute atomic E-state index is 0.174. The molecule has 0 fully saturated rings. The molecule has 0 aliphatic carbocycles. The molecule has 4 rings (SSSR count). The first-order valence-corrected chi connectivity index (χ1v) is 15.0. The second-order valence-electron chi connectivity index (χ2n) is 9.73. The highest BCUT2D eigenvalue weighted by Gasteiger charge is 2.32. The summed E-state index contributed by atoms with van der Waals surface area (Å²) in [5.74, 6) is 0.116. The molecule has 3 amide bonds. The van der Waals surface area contributed by atoms with Gasteiger partial charge in [-0.2, -0.15) is 5.10 Å². The van der Waals surface area contributed by atoms with Crippen molar-refractivity contribution in [1.29, 1.82) is 0 Å². The average Bonchev–Trinajstić information content (AvgIpc) is 3.03.